The maximum absolute atomic E-state index is 13.4. The molecular weight excluding hydrogens is 426 g/mol. The van der Waals surface area contributed by atoms with Crippen LogP contribution in [0.25, 0.3) is 0 Å². The second kappa shape index (κ2) is 10.5. The first-order valence-electron chi connectivity index (χ1n) is 11.2. The molecule has 1 N–H and O–H groups in total. The van der Waals surface area contributed by atoms with Crippen LogP contribution in [0.4, 0.5) is 0 Å². The Morgan fingerprint density at radius 2 is 1.79 bits per heavy atom. The second-order valence-corrected chi connectivity index (χ2v) is 8.23. The van der Waals surface area contributed by atoms with E-state index < -0.39 is 6.04 Å². The molecule has 2 aliphatic rings. The van der Waals surface area contributed by atoms with Crippen molar-refractivity contribution in [3.63, 3.8) is 0 Å². The Hall–Kier alpha value is -3.33. The Balaban J connectivity index is 1.47. The van der Waals surface area contributed by atoms with Gasteiger partial charge in [0.2, 0.25) is 5.91 Å². The molecule has 4 rings (SSSR count). The Bertz CT molecular complexity index is 962. The topological polar surface area (TPSA) is 101 Å². The lowest BCUT2D eigenvalue weighted by molar-refractivity contribution is -0.139. The molecule has 2 aliphatic heterocycles. The molecule has 176 valence electrons. The number of ether oxygens (including phenoxy) is 2. The molecule has 0 aliphatic carbocycles. The number of nitrogens with zero attached hydrogens (tertiary/aromatic N) is 2. The number of methoxy groups -OCH3 is 1. The van der Waals surface area contributed by atoms with E-state index in [1.165, 1.54) is 6.26 Å². The third-order valence-corrected chi connectivity index (χ3v) is 6.24. The van der Waals surface area contributed by atoms with Crippen molar-refractivity contribution in [3.8, 4) is 5.75 Å². The van der Waals surface area contributed by atoms with Crippen molar-refractivity contribution in [2.24, 2.45) is 5.92 Å². The molecule has 1 aromatic heterocycles. The number of hydrogen-bond acceptors (Lipinski definition) is 6. The van der Waals surface area contributed by atoms with Crippen LogP contribution in [0.15, 0.2) is 47.1 Å². The number of nitrogens with one attached hydrogen (secondary N) is 1. The molecule has 3 amide bonds. The number of rotatable bonds is 6. The number of morpholine rings is 1. The van der Waals surface area contributed by atoms with Crippen LogP contribution in [0.2, 0.25) is 0 Å². The van der Waals surface area contributed by atoms with Gasteiger partial charge in [-0.25, -0.2) is 0 Å². The van der Waals surface area contributed by atoms with Gasteiger partial charge >= 0.3 is 0 Å². The Kier molecular flexibility index (Phi) is 7.29. The molecule has 1 atom stereocenters. The average molecular weight is 456 g/mol. The van der Waals surface area contributed by atoms with E-state index in [1.807, 2.05) is 0 Å². The van der Waals surface area contributed by atoms with Crippen LogP contribution in [-0.4, -0.2) is 80.1 Å². The van der Waals surface area contributed by atoms with E-state index in [1.54, 1.807) is 53.3 Å². The van der Waals surface area contributed by atoms with Crippen molar-refractivity contribution in [2.75, 3.05) is 46.5 Å². The predicted molar refractivity (Wildman–Crippen MR) is 119 cm³/mol. The zero-order valence-electron chi connectivity index (χ0n) is 18.7. The molecular formula is C24H29N3O6. The van der Waals surface area contributed by atoms with Crippen molar-refractivity contribution in [2.45, 2.75) is 18.9 Å². The maximum Gasteiger partial charge on any atom is 0.289 e. The van der Waals surface area contributed by atoms with Gasteiger partial charge in [0.1, 0.15) is 11.8 Å². The molecule has 9 nitrogen and oxygen atoms in total. The highest BCUT2D eigenvalue weighted by atomic mass is 16.5. The number of amides is 3. The molecule has 2 saturated heterocycles. The summed E-state index contributed by atoms with van der Waals surface area (Å²) in [6, 6.07) is 9.50. The standard InChI is InChI=1S/C24H29N3O6/c1-31-19-5-2-4-18(16-19)22(28)25-21(24(30)27-11-14-32-15-12-27)17-7-9-26(10-8-17)23(29)20-6-3-13-33-20/h2-6,13,16-17,21H,7-12,14-15H2,1H3,(H,25,28)/t21-/m1/s1. The number of carbonyl (C=O) groups is 3. The van der Waals surface area contributed by atoms with Crippen molar-refractivity contribution < 1.29 is 28.3 Å². The zero-order chi connectivity index (χ0) is 23.2. The summed E-state index contributed by atoms with van der Waals surface area (Å²) in [7, 11) is 1.54. The fraction of sp³-hybridized carbons (Fsp3) is 0.458. The van der Waals surface area contributed by atoms with Crippen LogP contribution < -0.4 is 10.1 Å². The molecule has 0 bridgehead atoms. The summed E-state index contributed by atoms with van der Waals surface area (Å²) in [5.41, 5.74) is 0.430. The quantitative estimate of drug-likeness (QED) is 0.713. The Morgan fingerprint density at radius 1 is 1.03 bits per heavy atom. The molecule has 0 saturated carbocycles. The fourth-order valence-corrected chi connectivity index (χ4v) is 4.34. The van der Waals surface area contributed by atoms with Crippen molar-refractivity contribution in [1.29, 1.82) is 0 Å². The molecule has 2 fully saturated rings. The third kappa shape index (κ3) is 5.36. The SMILES string of the molecule is COc1cccc(C(=O)N[C@@H](C(=O)N2CCOCC2)C2CCN(C(=O)c3ccco3)CC2)c1. The highest BCUT2D eigenvalue weighted by molar-refractivity contribution is 5.98. The number of likely N-dealkylation sites (tertiary alicyclic amines) is 1. The molecule has 0 spiro atoms. The van der Waals surface area contributed by atoms with Gasteiger partial charge in [0.15, 0.2) is 5.76 Å². The minimum Gasteiger partial charge on any atom is -0.497 e. The van der Waals surface area contributed by atoms with Gasteiger partial charge in [-0.1, -0.05) is 6.07 Å². The molecule has 3 heterocycles. The van der Waals surface area contributed by atoms with E-state index in [4.69, 9.17) is 13.9 Å². The normalized spacial score (nSPS) is 18.0. The van der Waals surface area contributed by atoms with Crippen LogP contribution in [0.3, 0.4) is 0 Å². The number of piperidine rings is 1. The molecule has 2 aromatic rings. The number of hydrogen-bond donors (Lipinski definition) is 1. The van der Waals surface area contributed by atoms with Crippen LogP contribution in [0.1, 0.15) is 33.8 Å². The van der Waals surface area contributed by atoms with Crippen LogP contribution in [0.5, 0.6) is 5.75 Å². The zero-order valence-corrected chi connectivity index (χ0v) is 18.7. The number of carbonyl (C=O) groups excluding carboxylic acids is 3. The summed E-state index contributed by atoms with van der Waals surface area (Å²) in [6.07, 6.45) is 2.68. The summed E-state index contributed by atoms with van der Waals surface area (Å²) >= 11 is 0. The number of furan rings is 1. The molecule has 0 radical (unpaired) electrons. The summed E-state index contributed by atoms with van der Waals surface area (Å²) in [5, 5.41) is 2.97. The highest BCUT2D eigenvalue weighted by Gasteiger charge is 2.37. The number of benzene rings is 1. The molecule has 9 heteroatoms. The lowest BCUT2D eigenvalue weighted by Gasteiger charge is -2.38. The average Bonchev–Trinajstić information content (AvgIpc) is 3.42. The Labute approximate surface area is 192 Å². The van der Waals surface area contributed by atoms with E-state index in [-0.39, 0.29) is 23.6 Å². The first-order chi connectivity index (χ1) is 16.1. The second-order valence-electron chi connectivity index (χ2n) is 8.23. The first kappa shape index (κ1) is 22.8. The van der Waals surface area contributed by atoms with Gasteiger partial charge < -0.3 is 29.0 Å². The first-order valence-corrected chi connectivity index (χ1v) is 11.2. The van der Waals surface area contributed by atoms with E-state index in [2.05, 4.69) is 5.32 Å². The van der Waals surface area contributed by atoms with E-state index >= 15 is 0 Å². The minimum atomic E-state index is -0.678. The third-order valence-electron chi connectivity index (χ3n) is 6.24. The van der Waals surface area contributed by atoms with Crippen LogP contribution >= 0.6 is 0 Å². The van der Waals surface area contributed by atoms with Gasteiger partial charge in [-0.15, -0.1) is 0 Å². The highest BCUT2D eigenvalue weighted by Crippen LogP contribution is 2.24. The van der Waals surface area contributed by atoms with Gasteiger partial charge in [0, 0.05) is 31.7 Å². The van der Waals surface area contributed by atoms with Gasteiger partial charge in [0.25, 0.3) is 11.8 Å². The van der Waals surface area contributed by atoms with E-state index in [9.17, 15) is 14.4 Å². The van der Waals surface area contributed by atoms with Crippen molar-refractivity contribution >= 4 is 17.7 Å². The summed E-state index contributed by atoms with van der Waals surface area (Å²) in [4.78, 5) is 42.6. The monoisotopic (exact) mass is 455 g/mol. The van der Waals surface area contributed by atoms with E-state index in [0.717, 1.165) is 0 Å². The predicted octanol–water partition coefficient (Wildman–Crippen LogP) is 1.80. The lowest BCUT2D eigenvalue weighted by atomic mass is 9.88. The van der Waals surface area contributed by atoms with Crippen LogP contribution in [-0.2, 0) is 9.53 Å². The summed E-state index contributed by atoms with van der Waals surface area (Å²) < 4.78 is 15.8. The molecule has 0 unspecified atom stereocenters. The lowest BCUT2D eigenvalue weighted by Crippen LogP contribution is -2.56. The van der Waals surface area contributed by atoms with Gasteiger partial charge in [-0.05, 0) is 49.1 Å². The fourth-order valence-electron chi connectivity index (χ4n) is 4.34. The smallest absolute Gasteiger partial charge is 0.289 e. The van der Waals surface area contributed by atoms with Crippen LogP contribution in [0, 0.1) is 5.92 Å². The largest absolute Gasteiger partial charge is 0.497 e. The maximum atomic E-state index is 13.4. The summed E-state index contributed by atoms with van der Waals surface area (Å²) in [5.74, 6) is 0.203. The van der Waals surface area contributed by atoms with Gasteiger partial charge in [-0.3, -0.25) is 14.4 Å². The van der Waals surface area contributed by atoms with Gasteiger partial charge in [-0.2, -0.15) is 0 Å². The van der Waals surface area contributed by atoms with Gasteiger partial charge in [0.05, 0.1) is 26.6 Å². The van der Waals surface area contributed by atoms with Crippen molar-refractivity contribution in [3.05, 3.63) is 54.0 Å². The Morgan fingerprint density at radius 3 is 2.45 bits per heavy atom. The summed E-state index contributed by atoms with van der Waals surface area (Å²) in [6.45, 7) is 2.95. The van der Waals surface area contributed by atoms with E-state index in [0.29, 0.717) is 69.3 Å². The van der Waals surface area contributed by atoms with Crippen molar-refractivity contribution in [1.82, 2.24) is 15.1 Å². The molecule has 1 aromatic carbocycles. The minimum absolute atomic E-state index is 0.0875. The molecule has 33 heavy (non-hydrogen) atoms.